The van der Waals surface area contributed by atoms with Gasteiger partial charge >= 0.3 is 0 Å². The van der Waals surface area contributed by atoms with Gasteiger partial charge in [-0.3, -0.25) is 14.9 Å². The Kier molecular flexibility index (Phi) is 8.49. The maximum absolute atomic E-state index is 12.1. The molecular formula is C16H25ClN4O3. The Morgan fingerprint density at radius 2 is 1.92 bits per heavy atom. The fourth-order valence-corrected chi connectivity index (χ4v) is 2.75. The highest BCUT2D eigenvalue weighted by Gasteiger charge is 2.21. The van der Waals surface area contributed by atoms with Gasteiger partial charge in [0.25, 0.3) is 5.69 Å². The molecule has 0 aromatic heterocycles. The lowest BCUT2D eigenvalue weighted by molar-refractivity contribution is -0.384. The second kappa shape index (κ2) is 10.1. The standard InChI is InChI=1S/C16H24N4O3.ClH/c1-17-13-8-11-19(12-9-13)16(21)3-2-10-18-14-4-6-15(7-5-14)20(22)23;/h4-7,13,17-18H,2-3,8-12H2,1H3;1H. The predicted octanol–water partition coefficient (Wildman–Crippen LogP) is 2.42. The average molecular weight is 357 g/mol. The third-order valence-electron chi connectivity index (χ3n) is 4.23. The molecule has 0 atom stereocenters. The molecule has 7 nitrogen and oxygen atoms in total. The van der Waals surface area contributed by atoms with E-state index < -0.39 is 4.92 Å². The van der Waals surface area contributed by atoms with Gasteiger partial charge in [0.15, 0.2) is 0 Å². The van der Waals surface area contributed by atoms with Gasteiger partial charge in [-0.05, 0) is 38.4 Å². The van der Waals surface area contributed by atoms with Crippen molar-refractivity contribution >= 4 is 29.7 Å². The van der Waals surface area contributed by atoms with E-state index in [-0.39, 0.29) is 24.0 Å². The first-order chi connectivity index (χ1) is 11.1. The van der Waals surface area contributed by atoms with Gasteiger partial charge in [-0.1, -0.05) is 0 Å². The van der Waals surface area contributed by atoms with Crippen LogP contribution in [0.5, 0.6) is 0 Å². The monoisotopic (exact) mass is 356 g/mol. The lowest BCUT2D eigenvalue weighted by atomic mass is 10.0. The van der Waals surface area contributed by atoms with E-state index in [2.05, 4.69) is 10.6 Å². The fourth-order valence-electron chi connectivity index (χ4n) is 2.75. The summed E-state index contributed by atoms with van der Waals surface area (Å²) in [6.07, 6.45) is 3.32. The molecule has 0 bridgehead atoms. The first-order valence-corrected chi connectivity index (χ1v) is 8.03. The SMILES string of the molecule is CNC1CCN(C(=O)CCCNc2ccc([N+](=O)[O-])cc2)CC1.Cl. The molecule has 1 fully saturated rings. The number of piperidine rings is 1. The van der Waals surface area contributed by atoms with E-state index >= 15 is 0 Å². The van der Waals surface area contributed by atoms with E-state index in [1.165, 1.54) is 12.1 Å². The zero-order valence-corrected chi connectivity index (χ0v) is 14.7. The van der Waals surface area contributed by atoms with Crippen molar-refractivity contribution in [2.45, 2.75) is 31.7 Å². The Balaban J connectivity index is 0.00000288. The maximum Gasteiger partial charge on any atom is 0.269 e. The number of non-ortho nitro benzene ring substituents is 1. The molecule has 1 aromatic rings. The first kappa shape index (κ1) is 20.2. The van der Waals surface area contributed by atoms with Gasteiger partial charge in [-0.2, -0.15) is 0 Å². The lowest BCUT2D eigenvalue weighted by Crippen LogP contribution is -2.43. The molecule has 1 amide bonds. The molecule has 1 aliphatic heterocycles. The summed E-state index contributed by atoms with van der Waals surface area (Å²) >= 11 is 0. The van der Waals surface area contributed by atoms with Crippen LogP contribution in [0.4, 0.5) is 11.4 Å². The van der Waals surface area contributed by atoms with Gasteiger partial charge in [0.2, 0.25) is 5.91 Å². The number of nitro groups is 1. The summed E-state index contributed by atoms with van der Waals surface area (Å²) in [5.74, 6) is 0.213. The number of carbonyl (C=O) groups excluding carboxylic acids is 1. The smallest absolute Gasteiger partial charge is 0.269 e. The lowest BCUT2D eigenvalue weighted by Gasteiger charge is -2.31. The summed E-state index contributed by atoms with van der Waals surface area (Å²) in [7, 11) is 1.96. The average Bonchev–Trinajstić information content (AvgIpc) is 2.59. The molecule has 8 heteroatoms. The zero-order valence-electron chi connectivity index (χ0n) is 13.9. The van der Waals surface area contributed by atoms with Gasteiger partial charge < -0.3 is 15.5 Å². The Bertz CT molecular complexity index is 531. The topological polar surface area (TPSA) is 87.5 Å². The highest BCUT2D eigenvalue weighted by Crippen LogP contribution is 2.16. The van der Waals surface area contributed by atoms with Crippen molar-refractivity contribution in [2.75, 3.05) is 32.0 Å². The quantitative estimate of drug-likeness (QED) is 0.445. The molecule has 1 aliphatic rings. The van der Waals surface area contributed by atoms with Gasteiger partial charge in [-0.15, -0.1) is 12.4 Å². The number of likely N-dealkylation sites (tertiary alicyclic amines) is 1. The number of nitro benzene ring substituents is 1. The molecule has 2 N–H and O–H groups in total. The molecule has 2 rings (SSSR count). The number of anilines is 1. The highest BCUT2D eigenvalue weighted by atomic mass is 35.5. The van der Waals surface area contributed by atoms with Crippen LogP contribution in [0.3, 0.4) is 0 Å². The van der Waals surface area contributed by atoms with Crippen LogP contribution in [-0.2, 0) is 4.79 Å². The summed E-state index contributed by atoms with van der Waals surface area (Å²) in [5.41, 5.74) is 0.911. The summed E-state index contributed by atoms with van der Waals surface area (Å²) in [5, 5.41) is 17.0. The van der Waals surface area contributed by atoms with Crippen LogP contribution < -0.4 is 10.6 Å². The molecule has 134 valence electrons. The minimum absolute atomic E-state index is 0. The number of carbonyl (C=O) groups is 1. The Morgan fingerprint density at radius 3 is 2.46 bits per heavy atom. The second-order valence-electron chi connectivity index (χ2n) is 5.78. The van der Waals surface area contributed by atoms with E-state index in [0.717, 1.165) is 38.0 Å². The molecule has 0 saturated carbocycles. The number of benzene rings is 1. The molecule has 0 aliphatic carbocycles. The third-order valence-corrected chi connectivity index (χ3v) is 4.23. The number of halogens is 1. The largest absolute Gasteiger partial charge is 0.385 e. The molecule has 0 radical (unpaired) electrons. The van der Waals surface area contributed by atoms with Crippen LogP contribution in [0, 0.1) is 10.1 Å². The van der Waals surface area contributed by atoms with Crippen molar-refractivity contribution in [3.05, 3.63) is 34.4 Å². The highest BCUT2D eigenvalue weighted by molar-refractivity contribution is 5.85. The fraction of sp³-hybridized carbons (Fsp3) is 0.562. The molecule has 1 heterocycles. The zero-order chi connectivity index (χ0) is 16.7. The van der Waals surface area contributed by atoms with Crippen LogP contribution in [0.2, 0.25) is 0 Å². The van der Waals surface area contributed by atoms with Gasteiger partial charge in [0.05, 0.1) is 4.92 Å². The summed E-state index contributed by atoms with van der Waals surface area (Å²) in [6, 6.07) is 6.84. The van der Waals surface area contributed by atoms with Crippen LogP contribution in [0.1, 0.15) is 25.7 Å². The van der Waals surface area contributed by atoms with Gasteiger partial charge in [-0.25, -0.2) is 0 Å². The van der Waals surface area contributed by atoms with Crippen molar-refractivity contribution in [3.63, 3.8) is 0 Å². The van der Waals surface area contributed by atoms with Crippen LogP contribution in [0.25, 0.3) is 0 Å². The number of hydrogen-bond donors (Lipinski definition) is 2. The first-order valence-electron chi connectivity index (χ1n) is 8.03. The molecule has 0 unspecified atom stereocenters. The molecule has 0 spiro atoms. The molecule has 24 heavy (non-hydrogen) atoms. The van der Waals surface area contributed by atoms with Crippen molar-refractivity contribution < 1.29 is 9.72 Å². The van der Waals surface area contributed by atoms with E-state index in [0.29, 0.717) is 19.0 Å². The number of amides is 1. The van der Waals surface area contributed by atoms with Crippen molar-refractivity contribution in [1.82, 2.24) is 10.2 Å². The molecule has 1 saturated heterocycles. The number of nitrogens with one attached hydrogen (secondary N) is 2. The van der Waals surface area contributed by atoms with E-state index in [1.54, 1.807) is 12.1 Å². The van der Waals surface area contributed by atoms with Crippen LogP contribution in [0.15, 0.2) is 24.3 Å². The third kappa shape index (κ3) is 5.98. The molecule has 1 aromatic carbocycles. The Hall–Kier alpha value is -1.86. The van der Waals surface area contributed by atoms with Crippen molar-refractivity contribution in [2.24, 2.45) is 0 Å². The van der Waals surface area contributed by atoms with Crippen LogP contribution >= 0.6 is 12.4 Å². The van der Waals surface area contributed by atoms with Crippen LogP contribution in [-0.4, -0.2) is 48.5 Å². The minimum Gasteiger partial charge on any atom is -0.385 e. The predicted molar refractivity (Wildman–Crippen MR) is 96.7 cm³/mol. The Morgan fingerprint density at radius 1 is 1.29 bits per heavy atom. The molecular weight excluding hydrogens is 332 g/mol. The van der Waals surface area contributed by atoms with E-state index in [4.69, 9.17) is 0 Å². The van der Waals surface area contributed by atoms with Gasteiger partial charge in [0.1, 0.15) is 0 Å². The van der Waals surface area contributed by atoms with Gasteiger partial charge in [0, 0.05) is 49.9 Å². The Labute approximate surface area is 148 Å². The normalized spacial score (nSPS) is 14.8. The summed E-state index contributed by atoms with van der Waals surface area (Å²) < 4.78 is 0. The van der Waals surface area contributed by atoms with E-state index in [1.807, 2.05) is 11.9 Å². The summed E-state index contributed by atoms with van der Waals surface area (Å²) in [4.78, 5) is 24.2. The van der Waals surface area contributed by atoms with Crippen molar-refractivity contribution in [1.29, 1.82) is 0 Å². The summed E-state index contributed by atoms with van der Waals surface area (Å²) in [6.45, 7) is 2.34. The van der Waals surface area contributed by atoms with Crippen molar-refractivity contribution in [3.8, 4) is 0 Å². The second-order valence-corrected chi connectivity index (χ2v) is 5.78. The number of rotatable bonds is 7. The van der Waals surface area contributed by atoms with E-state index in [9.17, 15) is 14.9 Å². The minimum atomic E-state index is -0.417. The maximum atomic E-state index is 12.1. The number of hydrogen-bond acceptors (Lipinski definition) is 5. The number of nitrogens with zero attached hydrogens (tertiary/aromatic N) is 2.